The van der Waals surface area contributed by atoms with Crippen LogP contribution < -0.4 is 0 Å². The maximum atomic E-state index is 13.1. The van der Waals surface area contributed by atoms with Crippen LogP contribution >= 0.6 is 26.6 Å². The fourth-order valence-corrected chi connectivity index (χ4v) is 5.82. The molecule has 0 saturated heterocycles. The number of allylic oxidation sites excluding steroid dienone is 2. The highest BCUT2D eigenvalue weighted by Gasteiger charge is 2.41. The second kappa shape index (κ2) is 8.21. The number of phenolic OH excluding ortho intramolecular Hbond substituents is 1. The molecule has 1 aliphatic carbocycles. The summed E-state index contributed by atoms with van der Waals surface area (Å²) in [6, 6.07) is 4.98. The molecule has 29 heavy (non-hydrogen) atoms. The van der Waals surface area contributed by atoms with Crippen LogP contribution in [0.2, 0.25) is 0 Å². The van der Waals surface area contributed by atoms with E-state index in [1.807, 2.05) is 0 Å². The van der Waals surface area contributed by atoms with E-state index in [2.05, 4.69) is 33.9 Å². The van der Waals surface area contributed by atoms with Gasteiger partial charge in [0.2, 0.25) is 0 Å². The summed E-state index contributed by atoms with van der Waals surface area (Å²) in [7, 11) is 1.25. The van der Waals surface area contributed by atoms with E-state index in [9.17, 15) is 23.6 Å². The lowest BCUT2D eigenvalue weighted by atomic mass is 9.70. The van der Waals surface area contributed by atoms with Crippen molar-refractivity contribution in [3.8, 4) is 11.8 Å². The van der Waals surface area contributed by atoms with E-state index >= 15 is 0 Å². The number of hydrogen-bond acceptors (Lipinski definition) is 6. The Morgan fingerprint density at radius 3 is 2.66 bits per heavy atom. The SMILES string of the molecule is CCCC1CC(=O)C2=C(C1)N=C(C)C(C#N)C2c1cc(Br)c(O)c(S(=O)(=O)Cl)c1. The molecule has 0 saturated carbocycles. The van der Waals surface area contributed by atoms with Crippen LogP contribution in [0.3, 0.4) is 0 Å². The highest BCUT2D eigenvalue weighted by atomic mass is 79.9. The minimum Gasteiger partial charge on any atom is -0.505 e. The van der Waals surface area contributed by atoms with E-state index in [0.717, 1.165) is 12.8 Å². The van der Waals surface area contributed by atoms with E-state index in [4.69, 9.17) is 10.7 Å². The Morgan fingerprint density at radius 1 is 1.38 bits per heavy atom. The zero-order valence-electron chi connectivity index (χ0n) is 15.9. The molecule has 0 aromatic heterocycles. The standard InChI is InChI=1S/C20H20BrClN2O4S/c1-3-4-11-5-15-19(16(25)6-11)18(13(9-23)10(2)24-15)12-7-14(21)20(26)17(8-12)29(22,27)28/h7-8,11,13,18,26H,3-6H2,1-2H3. The Morgan fingerprint density at radius 2 is 2.07 bits per heavy atom. The Hall–Kier alpha value is -1.69. The third-order valence-electron chi connectivity index (χ3n) is 5.48. The highest BCUT2D eigenvalue weighted by Crippen LogP contribution is 2.47. The van der Waals surface area contributed by atoms with Crippen molar-refractivity contribution in [3.05, 3.63) is 33.4 Å². The van der Waals surface area contributed by atoms with Crippen LogP contribution in [-0.4, -0.2) is 25.0 Å². The van der Waals surface area contributed by atoms with Crippen LogP contribution in [0.4, 0.5) is 0 Å². The second-order valence-corrected chi connectivity index (χ2v) is 10.9. The van der Waals surface area contributed by atoms with Gasteiger partial charge in [-0.05, 0) is 59.3 Å². The molecule has 154 valence electrons. The van der Waals surface area contributed by atoms with Crippen LogP contribution in [0.5, 0.6) is 5.75 Å². The molecule has 0 amide bonds. The predicted octanol–water partition coefficient (Wildman–Crippen LogP) is 4.81. The molecule has 1 aliphatic heterocycles. The number of phenols is 1. The molecule has 1 aromatic carbocycles. The van der Waals surface area contributed by atoms with Crippen LogP contribution in [-0.2, 0) is 13.8 Å². The average Bonchev–Trinajstić information content (AvgIpc) is 2.62. The van der Waals surface area contributed by atoms with Crippen LogP contribution in [0.1, 0.15) is 51.0 Å². The zero-order chi connectivity index (χ0) is 21.5. The first-order chi connectivity index (χ1) is 13.6. The lowest BCUT2D eigenvalue weighted by Crippen LogP contribution is -2.32. The summed E-state index contributed by atoms with van der Waals surface area (Å²) in [6.07, 6.45) is 2.93. The molecule has 9 heteroatoms. The van der Waals surface area contributed by atoms with Gasteiger partial charge in [-0.2, -0.15) is 5.26 Å². The molecular formula is C20H20BrClN2O4S. The number of aromatic hydroxyl groups is 1. The molecule has 2 aliphatic rings. The van der Waals surface area contributed by atoms with Gasteiger partial charge < -0.3 is 5.11 Å². The van der Waals surface area contributed by atoms with E-state index in [1.165, 1.54) is 12.1 Å². The van der Waals surface area contributed by atoms with Crippen molar-refractivity contribution in [1.29, 1.82) is 5.26 Å². The Labute approximate surface area is 182 Å². The molecule has 1 N–H and O–H groups in total. The minimum absolute atomic E-state index is 0.0642. The van der Waals surface area contributed by atoms with Crippen molar-refractivity contribution in [2.45, 2.75) is 50.3 Å². The smallest absolute Gasteiger partial charge is 0.265 e. The van der Waals surface area contributed by atoms with Gasteiger partial charge in [0.25, 0.3) is 9.05 Å². The molecule has 3 rings (SSSR count). The number of nitriles is 1. The van der Waals surface area contributed by atoms with Gasteiger partial charge in [0.15, 0.2) is 5.78 Å². The molecule has 0 spiro atoms. The zero-order valence-corrected chi connectivity index (χ0v) is 19.1. The van der Waals surface area contributed by atoms with Gasteiger partial charge in [0.1, 0.15) is 10.6 Å². The number of ketones is 1. The molecule has 3 unspecified atom stereocenters. The number of rotatable bonds is 4. The fourth-order valence-electron chi connectivity index (χ4n) is 4.24. The van der Waals surface area contributed by atoms with E-state index in [0.29, 0.717) is 35.4 Å². The molecule has 0 radical (unpaired) electrons. The van der Waals surface area contributed by atoms with Gasteiger partial charge in [0, 0.05) is 40.0 Å². The summed E-state index contributed by atoms with van der Waals surface area (Å²) in [4.78, 5) is 17.2. The monoisotopic (exact) mass is 498 g/mol. The lowest BCUT2D eigenvalue weighted by Gasteiger charge is -2.35. The first kappa shape index (κ1) is 22.0. The van der Waals surface area contributed by atoms with E-state index in [-0.39, 0.29) is 16.2 Å². The third kappa shape index (κ3) is 4.14. The van der Waals surface area contributed by atoms with Crippen molar-refractivity contribution in [2.75, 3.05) is 0 Å². The average molecular weight is 500 g/mol. The van der Waals surface area contributed by atoms with Crippen LogP contribution in [0.15, 0.2) is 37.8 Å². The Bertz CT molecular complexity index is 1090. The van der Waals surface area contributed by atoms with Gasteiger partial charge in [-0.3, -0.25) is 9.79 Å². The number of hydrogen-bond donors (Lipinski definition) is 1. The summed E-state index contributed by atoms with van der Waals surface area (Å²) >= 11 is 3.16. The maximum absolute atomic E-state index is 13.1. The lowest BCUT2D eigenvalue weighted by molar-refractivity contribution is -0.117. The van der Waals surface area contributed by atoms with Gasteiger partial charge in [-0.15, -0.1) is 0 Å². The molecule has 0 fully saturated rings. The molecular weight excluding hydrogens is 480 g/mol. The van der Waals surface area contributed by atoms with Gasteiger partial charge >= 0.3 is 0 Å². The predicted molar refractivity (Wildman–Crippen MR) is 113 cm³/mol. The number of aliphatic imine (C=N–C) groups is 1. The summed E-state index contributed by atoms with van der Waals surface area (Å²) in [5.41, 5.74) is 2.14. The largest absolute Gasteiger partial charge is 0.505 e. The van der Waals surface area contributed by atoms with Crippen LogP contribution in [0, 0.1) is 23.2 Å². The number of carbonyl (C=O) groups excluding carboxylic acids is 1. The maximum Gasteiger partial charge on any atom is 0.265 e. The van der Waals surface area contributed by atoms with Crippen molar-refractivity contribution >= 4 is 47.2 Å². The summed E-state index contributed by atoms with van der Waals surface area (Å²) < 4.78 is 24.0. The number of nitrogens with zero attached hydrogens (tertiary/aromatic N) is 2. The van der Waals surface area contributed by atoms with Gasteiger partial charge in [-0.1, -0.05) is 13.3 Å². The Balaban J connectivity index is 2.22. The van der Waals surface area contributed by atoms with Gasteiger partial charge in [0.05, 0.1) is 16.5 Å². The number of halogens is 2. The summed E-state index contributed by atoms with van der Waals surface area (Å²) in [5.74, 6) is -1.75. The first-order valence-corrected chi connectivity index (χ1v) is 12.4. The quantitative estimate of drug-likeness (QED) is 0.598. The highest BCUT2D eigenvalue weighted by molar-refractivity contribution is 9.10. The first-order valence-electron chi connectivity index (χ1n) is 9.26. The number of benzene rings is 1. The third-order valence-corrected chi connectivity index (χ3v) is 7.42. The van der Waals surface area contributed by atoms with Crippen molar-refractivity contribution < 1.29 is 18.3 Å². The normalized spacial score (nSPS) is 24.7. The molecule has 1 heterocycles. The van der Waals surface area contributed by atoms with Gasteiger partial charge in [-0.25, -0.2) is 8.42 Å². The Kier molecular flexibility index (Phi) is 6.23. The fraction of sp³-hybridized carbons (Fsp3) is 0.450. The van der Waals surface area contributed by atoms with Crippen molar-refractivity contribution in [1.82, 2.24) is 0 Å². The topological polar surface area (TPSA) is 108 Å². The summed E-state index contributed by atoms with van der Waals surface area (Å²) in [5, 5.41) is 19.9. The molecule has 1 aromatic rings. The second-order valence-electron chi connectivity index (χ2n) is 7.47. The van der Waals surface area contributed by atoms with Crippen LogP contribution in [0.25, 0.3) is 0 Å². The van der Waals surface area contributed by atoms with Crippen molar-refractivity contribution in [3.63, 3.8) is 0 Å². The molecule has 0 bridgehead atoms. The number of carbonyl (C=O) groups is 1. The molecule has 6 nitrogen and oxygen atoms in total. The van der Waals surface area contributed by atoms with Crippen molar-refractivity contribution in [2.24, 2.45) is 16.8 Å². The summed E-state index contributed by atoms with van der Waals surface area (Å²) in [6.45, 7) is 3.81. The van der Waals surface area contributed by atoms with E-state index < -0.39 is 31.5 Å². The molecule has 3 atom stereocenters. The minimum atomic E-state index is -4.24. The van der Waals surface area contributed by atoms with E-state index in [1.54, 1.807) is 6.92 Å². The number of Topliss-reactive ketones (excluding diaryl/α,β-unsaturated/α-hetero) is 1.